The first-order valence-electron chi connectivity index (χ1n) is 7.53. The third kappa shape index (κ3) is 4.35. The fraction of sp³-hybridized carbons (Fsp3) is 0.438. The molecule has 1 heterocycles. The normalized spacial score (nSPS) is 10.8. The molecule has 23 heavy (non-hydrogen) atoms. The van der Waals surface area contributed by atoms with Crippen molar-refractivity contribution in [1.82, 2.24) is 15.0 Å². The monoisotopic (exact) mass is 321 g/mol. The topological polar surface area (TPSA) is 79.5 Å². The van der Waals surface area contributed by atoms with E-state index in [9.17, 15) is 9.18 Å². The molecular weight excluding hydrogens is 301 g/mol. The van der Waals surface area contributed by atoms with Crippen LogP contribution in [0.3, 0.4) is 0 Å². The third-order valence-electron chi connectivity index (χ3n) is 3.54. The van der Waals surface area contributed by atoms with Gasteiger partial charge in [-0.25, -0.2) is 4.39 Å². The number of hydrogen-bond donors (Lipinski definition) is 1. The Hall–Kier alpha value is -2.28. The van der Waals surface area contributed by atoms with Crippen LogP contribution in [0.15, 0.2) is 22.7 Å². The second-order valence-electron chi connectivity index (χ2n) is 5.17. The van der Waals surface area contributed by atoms with Gasteiger partial charge in [0.1, 0.15) is 5.82 Å². The number of benzene rings is 1. The van der Waals surface area contributed by atoms with E-state index in [4.69, 9.17) is 9.63 Å². The highest BCUT2D eigenvalue weighted by atomic mass is 19.1. The highest BCUT2D eigenvalue weighted by Gasteiger charge is 2.14. The maximum atomic E-state index is 13.3. The number of carbonyl (C=O) groups excluding carboxylic acids is 1. The molecule has 0 bridgehead atoms. The summed E-state index contributed by atoms with van der Waals surface area (Å²) in [6, 6.07) is 4.59. The molecule has 0 saturated carbocycles. The molecule has 0 fully saturated rings. The maximum Gasteiger partial charge on any atom is 0.227 e. The molecule has 0 aliphatic rings. The number of rotatable bonds is 7. The molecule has 0 atom stereocenters. The lowest BCUT2D eigenvalue weighted by molar-refractivity contribution is -0.131. The summed E-state index contributed by atoms with van der Waals surface area (Å²) in [6.45, 7) is 4.32. The Morgan fingerprint density at radius 1 is 1.43 bits per heavy atom. The number of halogens is 1. The summed E-state index contributed by atoms with van der Waals surface area (Å²) in [5.74, 6) is 0.374. The minimum atomic E-state index is -0.286. The second-order valence-corrected chi connectivity index (χ2v) is 5.17. The van der Waals surface area contributed by atoms with Gasteiger partial charge in [-0.1, -0.05) is 5.16 Å². The van der Waals surface area contributed by atoms with Gasteiger partial charge < -0.3 is 14.5 Å². The van der Waals surface area contributed by atoms with Crippen LogP contribution >= 0.6 is 0 Å². The Balaban J connectivity index is 1.99. The van der Waals surface area contributed by atoms with Crippen LogP contribution in [0.25, 0.3) is 11.4 Å². The fourth-order valence-electron chi connectivity index (χ4n) is 2.21. The summed E-state index contributed by atoms with van der Waals surface area (Å²) in [7, 11) is 0. The van der Waals surface area contributed by atoms with E-state index in [1.165, 1.54) is 6.07 Å². The van der Waals surface area contributed by atoms with Crippen molar-refractivity contribution in [2.75, 3.05) is 19.7 Å². The van der Waals surface area contributed by atoms with E-state index < -0.39 is 0 Å². The number of nitrogens with zero attached hydrogens (tertiary/aromatic N) is 3. The van der Waals surface area contributed by atoms with Crippen molar-refractivity contribution >= 4 is 5.91 Å². The minimum absolute atomic E-state index is 0.0613. The van der Waals surface area contributed by atoms with E-state index in [1.54, 1.807) is 24.0 Å². The lowest BCUT2D eigenvalue weighted by Crippen LogP contribution is -2.33. The standard InChI is InChI=1S/C16H20FN3O3/c1-3-20(8-9-21)15(22)7-6-14-18-16(19-23-14)12-4-5-13(17)11(2)10-12/h4-5,10,21H,3,6-9H2,1-2H3. The molecule has 0 spiro atoms. The minimum Gasteiger partial charge on any atom is -0.395 e. The third-order valence-corrected chi connectivity index (χ3v) is 3.54. The SMILES string of the molecule is CCN(CCO)C(=O)CCc1nc(-c2ccc(F)c(C)c2)no1. The zero-order valence-corrected chi connectivity index (χ0v) is 13.3. The number of aliphatic hydroxyl groups excluding tert-OH is 1. The Labute approximate surface area is 133 Å². The molecule has 1 N–H and O–H groups in total. The zero-order chi connectivity index (χ0) is 16.8. The summed E-state index contributed by atoms with van der Waals surface area (Å²) >= 11 is 0. The van der Waals surface area contributed by atoms with Gasteiger partial charge in [-0.3, -0.25) is 4.79 Å². The molecule has 1 aromatic carbocycles. The van der Waals surface area contributed by atoms with E-state index in [0.717, 1.165) is 0 Å². The Bertz CT molecular complexity index is 672. The van der Waals surface area contributed by atoms with Crippen molar-refractivity contribution in [3.05, 3.63) is 35.5 Å². The van der Waals surface area contributed by atoms with E-state index >= 15 is 0 Å². The summed E-state index contributed by atoms with van der Waals surface area (Å²) in [5.41, 5.74) is 1.17. The molecule has 0 unspecified atom stereocenters. The lowest BCUT2D eigenvalue weighted by atomic mass is 10.1. The summed E-state index contributed by atoms with van der Waals surface area (Å²) in [4.78, 5) is 17.8. The van der Waals surface area contributed by atoms with Crippen molar-refractivity contribution in [1.29, 1.82) is 0 Å². The van der Waals surface area contributed by atoms with Crippen LogP contribution in [0.5, 0.6) is 0 Å². The molecule has 124 valence electrons. The Morgan fingerprint density at radius 3 is 2.87 bits per heavy atom. The van der Waals surface area contributed by atoms with Crippen molar-refractivity contribution in [3.8, 4) is 11.4 Å². The van der Waals surface area contributed by atoms with Gasteiger partial charge in [-0.2, -0.15) is 4.98 Å². The van der Waals surface area contributed by atoms with Crippen LogP contribution in [-0.2, 0) is 11.2 Å². The van der Waals surface area contributed by atoms with Crippen LogP contribution < -0.4 is 0 Å². The van der Waals surface area contributed by atoms with Crippen molar-refractivity contribution in [3.63, 3.8) is 0 Å². The predicted octanol–water partition coefficient (Wildman–Crippen LogP) is 1.96. The molecule has 6 nitrogen and oxygen atoms in total. The first-order valence-corrected chi connectivity index (χ1v) is 7.53. The molecule has 0 aliphatic heterocycles. The van der Waals surface area contributed by atoms with Gasteiger partial charge in [-0.05, 0) is 37.6 Å². The maximum absolute atomic E-state index is 13.3. The average Bonchev–Trinajstić information content (AvgIpc) is 3.02. The van der Waals surface area contributed by atoms with Crippen LogP contribution in [-0.4, -0.2) is 45.8 Å². The molecule has 1 amide bonds. The first-order chi connectivity index (χ1) is 11.0. The van der Waals surface area contributed by atoms with E-state index in [-0.39, 0.29) is 24.8 Å². The van der Waals surface area contributed by atoms with Crippen molar-refractivity contribution < 1.29 is 18.8 Å². The van der Waals surface area contributed by atoms with E-state index in [2.05, 4.69) is 10.1 Å². The summed E-state index contributed by atoms with van der Waals surface area (Å²) < 4.78 is 18.4. The van der Waals surface area contributed by atoms with Crippen molar-refractivity contribution in [2.24, 2.45) is 0 Å². The van der Waals surface area contributed by atoms with E-state index in [1.807, 2.05) is 6.92 Å². The van der Waals surface area contributed by atoms with Crippen LogP contribution in [0.1, 0.15) is 24.8 Å². The van der Waals surface area contributed by atoms with Crippen LogP contribution in [0.2, 0.25) is 0 Å². The number of hydrogen-bond acceptors (Lipinski definition) is 5. The molecule has 0 radical (unpaired) electrons. The largest absolute Gasteiger partial charge is 0.395 e. The molecule has 7 heteroatoms. The molecule has 0 aliphatic carbocycles. The molecule has 2 rings (SSSR count). The molecule has 1 aromatic heterocycles. The Kier molecular flexibility index (Phi) is 5.81. The quantitative estimate of drug-likeness (QED) is 0.843. The Morgan fingerprint density at radius 2 is 2.22 bits per heavy atom. The highest BCUT2D eigenvalue weighted by Crippen LogP contribution is 2.19. The molecule has 2 aromatic rings. The van der Waals surface area contributed by atoms with Gasteiger partial charge in [-0.15, -0.1) is 0 Å². The van der Waals surface area contributed by atoms with Crippen LogP contribution in [0, 0.1) is 12.7 Å². The van der Waals surface area contributed by atoms with Gasteiger partial charge in [0.15, 0.2) is 0 Å². The lowest BCUT2D eigenvalue weighted by Gasteiger charge is -2.18. The number of aryl methyl sites for hydroxylation is 2. The zero-order valence-electron chi connectivity index (χ0n) is 13.3. The highest BCUT2D eigenvalue weighted by molar-refractivity contribution is 5.76. The molecular formula is C16H20FN3O3. The van der Waals surface area contributed by atoms with Gasteiger partial charge in [0.2, 0.25) is 17.6 Å². The van der Waals surface area contributed by atoms with Gasteiger partial charge in [0, 0.05) is 31.5 Å². The second kappa shape index (κ2) is 7.82. The average molecular weight is 321 g/mol. The number of aliphatic hydroxyl groups is 1. The number of aromatic nitrogens is 2. The summed E-state index contributed by atoms with van der Waals surface area (Å²) in [5, 5.41) is 12.8. The first kappa shape index (κ1) is 17.1. The summed E-state index contributed by atoms with van der Waals surface area (Å²) in [6.07, 6.45) is 0.561. The van der Waals surface area contributed by atoms with Gasteiger partial charge in [0.05, 0.1) is 6.61 Å². The predicted molar refractivity (Wildman–Crippen MR) is 82.1 cm³/mol. The molecule has 0 saturated heterocycles. The van der Waals surface area contributed by atoms with Gasteiger partial charge in [0.25, 0.3) is 0 Å². The number of carbonyl (C=O) groups is 1. The fourth-order valence-corrected chi connectivity index (χ4v) is 2.21. The van der Waals surface area contributed by atoms with Gasteiger partial charge >= 0.3 is 0 Å². The van der Waals surface area contributed by atoms with E-state index in [0.29, 0.717) is 42.4 Å². The number of likely N-dealkylation sites (N-methyl/N-ethyl adjacent to an activating group) is 1. The smallest absolute Gasteiger partial charge is 0.227 e. The van der Waals surface area contributed by atoms with Crippen molar-refractivity contribution in [2.45, 2.75) is 26.7 Å². The number of amides is 1. The van der Waals surface area contributed by atoms with Crippen LogP contribution in [0.4, 0.5) is 4.39 Å².